The van der Waals surface area contributed by atoms with Gasteiger partial charge in [0.1, 0.15) is 22.7 Å². The number of rotatable bonds is 5. The van der Waals surface area contributed by atoms with Crippen molar-refractivity contribution in [1.29, 1.82) is 0 Å². The van der Waals surface area contributed by atoms with Gasteiger partial charge in [-0.05, 0) is 49.7 Å². The number of carbonyl (C=O) groups is 1. The van der Waals surface area contributed by atoms with Gasteiger partial charge >= 0.3 is 0 Å². The molecule has 0 fully saturated rings. The third-order valence-electron chi connectivity index (χ3n) is 3.52. The molecule has 24 heavy (non-hydrogen) atoms. The summed E-state index contributed by atoms with van der Waals surface area (Å²) in [7, 11) is 0. The largest absolute Gasteiger partial charge is 0.494 e. The highest BCUT2D eigenvalue weighted by Gasteiger charge is 2.15. The van der Waals surface area contributed by atoms with E-state index in [1.807, 2.05) is 19.9 Å². The number of pyridine rings is 1. The Bertz CT molecular complexity index is 946. The van der Waals surface area contributed by atoms with Crippen LogP contribution < -0.4 is 15.0 Å². The summed E-state index contributed by atoms with van der Waals surface area (Å²) >= 11 is 0. The molecule has 0 amide bonds. The van der Waals surface area contributed by atoms with Crippen LogP contribution >= 0.6 is 0 Å². The molecule has 0 aliphatic carbocycles. The van der Waals surface area contributed by atoms with Gasteiger partial charge in [-0.1, -0.05) is 6.07 Å². The fourth-order valence-corrected chi connectivity index (χ4v) is 2.35. The molecule has 0 saturated heterocycles. The van der Waals surface area contributed by atoms with Crippen molar-refractivity contribution in [2.45, 2.75) is 13.8 Å². The minimum Gasteiger partial charge on any atom is -0.494 e. The Morgan fingerprint density at radius 1 is 1.17 bits per heavy atom. The van der Waals surface area contributed by atoms with E-state index in [1.54, 1.807) is 36.5 Å². The molecule has 6 nitrogen and oxygen atoms in total. The molecule has 0 unspecified atom stereocenters. The average molecular weight is 324 g/mol. The molecule has 1 aromatic carbocycles. The lowest BCUT2D eigenvalue weighted by Gasteiger charge is -2.10. The highest BCUT2D eigenvalue weighted by atomic mass is 16.5. The van der Waals surface area contributed by atoms with Crippen molar-refractivity contribution >= 4 is 11.9 Å². The molecule has 0 radical (unpaired) electrons. The van der Waals surface area contributed by atoms with E-state index in [-0.39, 0.29) is 11.4 Å². The zero-order valence-corrected chi connectivity index (χ0v) is 13.4. The van der Waals surface area contributed by atoms with Gasteiger partial charge in [0.05, 0.1) is 6.61 Å². The quantitative estimate of drug-likeness (QED) is 0.675. The SMILES string of the molecule is CCOc1ccc(Oc2nc3c(C)cccn3c(=O)c2C=O)cc1. The van der Waals surface area contributed by atoms with Gasteiger partial charge in [-0.3, -0.25) is 14.0 Å². The van der Waals surface area contributed by atoms with Gasteiger partial charge in [0, 0.05) is 6.20 Å². The van der Waals surface area contributed by atoms with Crippen LogP contribution in [0.25, 0.3) is 5.65 Å². The van der Waals surface area contributed by atoms with Crippen LogP contribution in [0.2, 0.25) is 0 Å². The molecular weight excluding hydrogens is 308 g/mol. The Morgan fingerprint density at radius 3 is 2.54 bits per heavy atom. The van der Waals surface area contributed by atoms with E-state index < -0.39 is 5.56 Å². The van der Waals surface area contributed by atoms with Crippen molar-refractivity contribution < 1.29 is 14.3 Å². The lowest BCUT2D eigenvalue weighted by atomic mass is 10.2. The Hall–Kier alpha value is -3.15. The minimum atomic E-state index is -0.459. The first-order valence-electron chi connectivity index (χ1n) is 7.52. The molecule has 0 atom stereocenters. The van der Waals surface area contributed by atoms with E-state index in [4.69, 9.17) is 9.47 Å². The number of aromatic nitrogens is 2. The smallest absolute Gasteiger partial charge is 0.272 e. The third-order valence-corrected chi connectivity index (χ3v) is 3.52. The summed E-state index contributed by atoms with van der Waals surface area (Å²) in [4.78, 5) is 28.1. The summed E-state index contributed by atoms with van der Waals surface area (Å²) in [5.74, 6) is 1.17. The molecule has 0 bridgehead atoms. The van der Waals surface area contributed by atoms with Crippen LogP contribution in [-0.2, 0) is 0 Å². The topological polar surface area (TPSA) is 69.9 Å². The molecule has 0 aliphatic rings. The van der Waals surface area contributed by atoms with Crippen LogP contribution in [0, 0.1) is 6.92 Å². The molecule has 0 N–H and O–H groups in total. The first kappa shape index (κ1) is 15.7. The number of hydrogen-bond acceptors (Lipinski definition) is 5. The van der Waals surface area contributed by atoms with Gasteiger partial charge in [0.2, 0.25) is 5.88 Å². The number of aldehydes is 1. The van der Waals surface area contributed by atoms with Gasteiger partial charge in [-0.25, -0.2) is 0 Å². The third kappa shape index (κ3) is 2.86. The van der Waals surface area contributed by atoms with Crippen molar-refractivity contribution in [3.05, 3.63) is 64.1 Å². The summed E-state index contributed by atoms with van der Waals surface area (Å²) in [5, 5.41) is 0. The fourth-order valence-electron chi connectivity index (χ4n) is 2.35. The normalized spacial score (nSPS) is 10.6. The summed E-state index contributed by atoms with van der Waals surface area (Å²) in [6.07, 6.45) is 2.04. The van der Waals surface area contributed by atoms with Gasteiger partial charge in [-0.2, -0.15) is 4.98 Å². The van der Waals surface area contributed by atoms with Crippen LogP contribution in [0.4, 0.5) is 0 Å². The second kappa shape index (κ2) is 6.54. The van der Waals surface area contributed by atoms with Gasteiger partial charge in [-0.15, -0.1) is 0 Å². The summed E-state index contributed by atoms with van der Waals surface area (Å²) in [6, 6.07) is 10.5. The molecule has 3 aromatic rings. The van der Waals surface area contributed by atoms with E-state index in [1.165, 1.54) is 4.40 Å². The molecule has 2 aromatic heterocycles. The molecule has 122 valence electrons. The Balaban J connectivity index is 2.06. The number of aryl methyl sites for hydroxylation is 1. The Kier molecular flexibility index (Phi) is 4.29. The van der Waals surface area contributed by atoms with Crippen molar-refractivity contribution in [2.75, 3.05) is 6.61 Å². The molecule has 0 saturated carbocycles. The van der Waals surface area contributed by atoms with Crippen LogP contribution in [0.3, 0.4) is 0 Å². The monoisotopic (exact) mass is 324 g/mol. The highest BCUT2D eigenvalue weighted by molar-refractivity contribution is 5.78. The molecule has 3 rings (SSSR count). The number of nitrogens with zero attached hydrogens (tertiary/aromatic N) is 2. The predicted octanol–water partition coefficient (Wildman–Crippen LogP) is 3.01. The van der Waals surface area contributed by atoms with E-state index in [2.05, 4.69) is 4.98 Å². The van der Waals surface area contributed by atoms with Crippen molar-refractivity contribution in [3.8, 4) is 17.4 Å². The van der Waals surface area contributed by atoms with E-state index in [0.717, 1.165) is 5.56 Å². The van der Waals surface area contributed by atoms with Crippen molar-refractivity contribution in [1.82, 2.24) is 9.38 Å². The van der Waals surface area contributed by atoms with E-state index in [9.17, 15) is 9.59 Å². The maximum absolute atomic E-state index is 12.5. The standard InChI is InChI=1S/C18H16N2O4/c1-3-23-13-6-8-14(9-7-13)24-17-15(11-21)18(22)20-10-4-5-12(2)16(20)19-17/h4-11H,3H2,1-2H3. The lowest BCUT2D eigenvalue weighted by molar-refractivity contribution is 0.111. The van der Waals surface area contributed by atoms with Crippen LogP contribution in [0.5, 0.6) is 17.4 Å². The molecule has 2 heterocycles. The average Bonchev–Trinajstić information content (AvgIpc) is 2.58. The van der Waals surface area contributed by atoms with Gasteiger partial charge in [0.15, 0.2) is 6.29 Å². The number of benzene rings is 1. The summed E-state index contributed by atoms with van der Waals surface area (Å²) < 4.78 is 12.4. The van der Waals surface area contributed by atoms with E-state index >= 15 is 0 Å². The molecule has 0 aliphatic heterocycles. The minimum absolute atomic E-state index is 0.00606. The zero-order valence-electron chi connectivity index (χ0n) is 13.4. The van der Waals surface area contributed by atoms with E-state index in [0.29, 0.717) is 30.0 Å². The molecular formula is C18H16N2O4. The van der Waals surface area contributed by atoms with Crippen molar-refractivity contribution in [2.24, 2.45) is 0 Å². The Morgan fingerprint density at radius 2 is 1.88 bits per heavy atom. The second-order valence-corrected chi connectivity index (χ2v) is 5.14. The zero-order chi connectivity index (χ0) is 17.1. The Labute approximate surface area is 138 Å². The number of ether oxygens (including phenoxy) is 2. The fraction of sp³-hybridized carbons (Fsp3) is 0.167. The second-order valence-electron chi connectivity index (χ2n) is 5.14. The molecule has 6 heteroatoms. The number of fused-ring (bicyclic) bond motifs is 1. The van der Waals surface area contributed by atoms with Crippen LogP contribution in [-0.4, -0.2) is 22.3 Å². The van der Waals surface area contributed by atoms with Crippen LogP contribution in [0.1, 0.15) is 22.8 Å². The van der Waals surface area contributed by atoms with Gasteiger partial charge in [0.25, 0.3) is 5.56 Å². The van der Waals surface area contributed by atoms with Crippen molar-refractivity contribution in [3.63, 3.8) is 0 Å². The number of hydrogen-bond donors (Lipinski definition) is 0. The molecule has 0 spiro atoms. The lowest BCUT2D eigenvalue weighted by Crippen LogP contribution is -2.21. The summed E-state index contributed by atoms with van der Waals surface area (Å²) in [5.41, 5.74) is 0.684. The maximum Gasteiger partial charge on any atom is 0.272 e. The number of carbonyl (C=O) groups excluding carboxylic acids is 1. The van der Waals surface area contributed by atoms with Crippen LogP contribution in [0.15, 0.2) is 47.4 Å². The highest BCUT2D eigenvalue weighted by Crippen LogP contribution is 2.24. The first-order valence-corrected chi connectivity index (χ1v) is 7.52. The summed E-state index contributed by atoms with van der Waals surface area (Å²) in [6.45, 7) is 4.30. The first-order chi connectivity index (χ1) is 11.6. The predicted molar refractivity (Wildman–Crippen MR) is 89.3 cm³/mol. The van der Waals surface area contributed by atoms with Gasteiger partial charge < -0.3 is 9.47 Å². The maximum atomic E-state index is 12.5.